The quantitative estimate of drug-likeness (QED) is 0.646. The summed E-state index contributed by atoms with van der Waals surface area (Å²) < 4.78 is 19.6. The van der Waals surface area contributed by atoms with Gasteiger partial charge in [-0.2, -0.15) is 0 Å². The second kappa shape index (κ2) is 5.84. The van der Waals surface area contributed by atoms with Crippen molar-refractivity contribution in [2.75, 3.05) is 0 Å². The van der Waals surface area contributed by atoms with Crippen LogP contribution in [0.2, 0.25) is 0 Å². The van der Waals surface area contributed by atoms with E-state index in [-0.39, 0.29) is 17.7 Å². The van der Waals surface area contributed by atoms with E-state index in [1.807, 2.05) is 6.92 Å². The van der Waals surface area contributed by atoms with Crippen LogP contribution >= 0.6 is 15.9 Å². The number of nitrogens with two attached hydrogens (primary N) is 1. The summed E-state index contributed by atoms with van der Waals surface area (Å²) in [7, 11) is 0. The summed E-state index contributed by atoms with van der Waals surface area (Å²) in [5.74, 6) is -0.183. The lowest BCUT2D eigenvalue weighted by Gasteiger charge is -2.17. The van der Waals surface area contributed by atoms with Crippen molar-refractivity contribution in [1.29, 1.82) is 5.41 Å². The van der Waals surface area contributed by atoms with Crippen molar-refractivity contribution in [3.05, 3.63) is 28.5 Å². The highest BCUT2D eigenvalue weighted by atomic mass is 79.9. The number of hydrogen-bond donors (Lipinski definition) is 2. The lowest BCUT2D eigenvalue weighted by Crippen LogP contribution is -2.24. The average Bonchev–Trinajstić information content (AvgIpc) is 2.20. The summed E-state index contributed by atoms with van der Waals surface area (Å²) >= 11 is 3.17. The lowest BCUT2D eigenvalue weighted by molar-refractivity contribution is 0.195. The average molecular weight is 289 g/mol. The van der Waals surface area contributed by atoms with Crippen molar-refractivity contribution in [1.82, 2.24) is 0 Å². The third-order valence-electron chi connectivity index (χ3n) is 2.09. The highest BCUT2D eigenvalue weighted by molar-refractivity contribution is 9.10. The monoisotopic (exact) mass is 288 g/mol. The van der Waals surface area contributed by atoms with Crippen LogP contribution in [-0.2, 0) is 0 Å². The van der Waals surface area contributed by atoms with Crippen LogP contribution in [0, 0.1) is 11.2 Å². The van der Waals surface area contributed by atoms with Gasteiger partial charge in [0.15, 0.2) is 11.6 Å². The minimum absolute atomic E-state index is 0.0457. The normalized spacial score (nSPS) is 12.2. The van der Waals surface area contributed by atoms with Crippen LogP contribution in [0.25, 0.3) is 0 Å². The molecule has 3 N–H and O–H groups in total. The molecule has 0 fully saturated rings. The van der Waals surface area contributed by atoms with Gasteiger partial charge in [0, 0.05) is 10.9 Å². The van der Waals surface area contributed by atoms with Crippen molar-refractivity contribution in [2.45, 2.75) is 25.9 Å². The van der Waals surface area contributed by atoms with Crippen LogP contribution < -0.4 is 10.5 Å². The summed E-state index contributed by atoms with van der Waals surface area (Å²) in [6.45, 7) is 1.91. The lowest BCUT2D eigenvalue weighted by atomic mass is 10.2. The molecule has 1 rings (SSSR count). The highest BCUT2D eigenvalue weighted by Crippen LogP contribution is 2.23. The molecule has 3 nitrogen and oxygen atoms in total. The molecule has 5 heteroatoms. The molecule has 1 unspecified atom stereocenters. The molecule has 0 radical (unpaired) electrons. The van der Waals surface area contributed by atoms with Crippen molar-refractivity contribution >= 4 is 21.8 Å². The molecule has 0 spiro atoms. The predicted molar refractivity (Wildman–Crippen MR) is 65.3 cm³/mol. The van der Waals surface area contributed by atoms with Gasteiger partial charge in [-0.3, -0.25) is 5.41 Å². The number of amidine groups is 1. The molecule has 0 aliphatic rings. The topological polar surface area (TPSA) is 59.1 Å². The summed E-state index contributed by atoms with van der Waals surface area (Å²) in [6, 6.07) is 4.61. The van der Waals surface area contributed by atoms with Gasteiger partial charge in [0.1, 0.15) is 6.10 Å². The van der Waals surface area contributed by atoms with Gasteiger partial charge in [-0.05, 0) is 24.6 Å². The molecule has 0 bridgehead atoms. The van der Waals surface area contributed by atoms with Crippen molar-refractivity contribution < 1.29 is 9.13 Å². The number of ether oxygens (including phenoxy) is 1. The molecule has 1 aromatic rings. The van der Waals surface area contributed by atoms with Gasteiger partial charge in [-0.25, -0.2) is 4.39 Å². The standard InChI is InChI=1S/C11H14BrFN2O/c1-2-8(6-11(14)15)16-10-4-3-7(12)5-9(10)13/h3-5,8H,2,6H2,1H3,(H3,14,15). The maximum Gasteiger partial charge on any atom is 0.166 e. The molecule has 0 aliphatic heterocycles. The van der Waals surface area contributed by atoms with Gasteiger partial charge in [0.05, 0.1) is 5.84 Å². The van der Waals surface area contributed by atoms with E-state index in [1.54, 1.807) is 12.1 Å². The molecular formula is C11H14BrFN2O. The van der Waals surface area contributed by atoms with Crippen LogP contribution in [0.3, 0.4) is 0 Å². The Bertz CT molecular complexity index is 384. The molecule has 16 heavy (non-hydrogen) atoms. The first-order valence-corrected chi connectivity index (χ1v) is 5.76. The van der Waals surface area contributed by atoms with E-state index in [1.165, 1.54) is 6.07 Å². The minimum atomic E-state index is -0.420. The molecule has 0 saturated carbocycles. The molecule has 1 atom stereocenters. The molecular weight excluding hydrogens is 275 g/mol. The Morgan fingerprint density at radius 1 is 1.62 bits per heavy atom. The Morgan fingerprint density at radius 3 is 2.81 bits per heavy atom. The molecule has 0 amide bonds. The van der Waals surface area contributed by atoms with Gasteiger partial charge < -0.3 is 10.5 Å². The van der Waals surface area contributed by atoms with Gasteiger partial charge in [-0.1, -0.05) is 22.9 Å². The first kappa shape index (κ1) is 13.0. The second-order valence-corrected chi connectivity index (χ2v) is 4.37. The molecule has 88 valence electrons. The molecule has 0 heterocycles. The van der Waals surface area contributed by atoms with Crippen LogP contribution in [-0.4, -0.2) is 11.9 Å². The maximum atomic E-state index is 13.4. The Morgan fingerprint density at radius 2 is 2.31 bits per heavy atom. The zero-order chi connectivity index (χ0) is 12.1. The third kappa shape index (κ3) is 3.81. The number of halogens is 2. The summed E-state index contributed by atoms with van der Waals surface area (Å²) in [6.07, 6.45) is 0.731. The fraction of sp³-hybridized carbons (Fsp3) is 0.364. The fourth-order valence-electron chi connectivity index (χ4n) is 1.26. The Kier molecular flexibility index (Phi) is 4.73. The molecule has 0 aromatic heterocycles. The van der Waals surface area contributed by atoms with E-state index in [0.29, 0.717) is 17.3 Å². The van der Waals surface area contributed by atoms with Gasteiger partial charge in [0.25, 0.3) is 0 Å². The van der Waals surface area contributed by atoms with E-state index in [9.17, 15) is 4.39 Å². The van der Waals surface area contributed by atoms with Crippen LogP contribution in [0.15, 0.2) is 22.7 Å². The molecule has 1 aromatic carbocycles. The maximum absolute atomic E-state index is 13.4. The summed E-state index contributed by atoms with van der Waals surface area (Å²) in [5.41, 5.74) is 5.29. The number of nitrogens with one attached hydrogen (secondary N) is 1. The van der Waals surface area contributed by atoms with E-state index in [4.69, 9.17) is 15.9 Å². The fourth-order valence-corrected chi connectivity index (χ4v) is 1.60. The van der Waals surface area contributed by atoms with Crippen molar-refractivity contribution in [3.8, 4) is 5.75 Å². The van der Waals surface area contributed by atoms with E-state index in [2.05, 4.69) is 15.9 Å². The SMILES string of the molecule is CCC(CC(=N)N)Oc1ccc(Br)cc1F. The third-order valence-corrected chi connectivity index (χ3v) is 2.58. The zero-order valence-electron chi connectivity index (χ0n) is 8.97. The number of rotatable bonds is 5. The second-order valence-electron chi connectivity index (χ2n) is 3.45. The van der Waals surface area contributed by atoms with E-state index >= 15 is 0 Å². The van der Waals surface area contributed by atoms with Crippen molar-refractivity contribution in [3.63, 3.8) is 0 Å². The Balaban J connectivity index is 2.73. The summed E-state index contributed by atoms with van der Waals surface area (Å²) in [5, 5.41) is 7.18. The van der Waals surface area contributed by atoms with Crippen LogP contribution in [0.4, 0.5) is 4.39 Å². The molecule has 0 aliphatic carbocycles. The summed E-state index contributed by atoms with van der Waals surface area (Å²) in [4.78, 5) is 0. The highest BCUT2D eigenvalue weighted by Gasteiger charge is 2.12. The minimum Gasteiger partial charge on any atom is -0.487 e. The van der Waals surface area contributed by atoms with E-state index in [0.717, 1.165) is 0 Å². The van der Waals surface area contributed by atoms with E-state index < -0.39 is 5.82 Å². The largest absolute Gasteiger partial charge is 0.487 e. The zero-order valence-corrected chi connectivity index (χ0v) is 10.6. The Labute approximate surface area is 102 Å². The Hall–Kier alpha value is -1.10. The smallest absolute Gasteiger partial charge is 0.166 e. The number of hydrogen-bond acceptors (Lipinski definition) is 2. The molecule has 0 saturated heterocycles. The van der Waals surface area contributed by atoms with Crippen molar-refractivity contribution in [2.24, 2.45) is 5.73 Å². The number of benzene rings is 1. The van der Waals surface area contributed by atoms with Gasteiger partial charge in [-0.15, -0.1) is 0 Å². The van der Waals surface area contributed by atoms with Gasteiger partial charge in [0.2, 0.25) is 0 Å². The van der Waals surface area contributed by atoms with Crippen LogP contribution in [0.5, 0.6) is 5.75 Å². The van der Waals surface area contributed by atoms with Gasteiger partial charge >= 0.3 is 0 Å². The van der Waals surface area contributed by atoms with Crippen LogP contribution in [0.1, 0.15) is 19.8 Å². The first-order valence-electron chi connectivity index (χ1n) is 4.97. The first-order chi connectivity index (χ1) is 7.52. The predicted octanol–water partition coefficient (Wildman–Crippen LogP) is 3.07.